The largest absolute Gasteiger partial charge is 0.496 e. The summed E-state index contributed by atoms with van der Waals surface area (Å²) >= 11 is 0. The number of carbonyl (C=O) groups is 1. The highest BCUT2D eigenvalue weighted by Gasteiger charge is 2.37. The fraction of sp³-hybridized carbons (Fsp3) is 0.600. The monoisotopic (exact) mass is 393 g/mol. The van der Waals surface area contributed by atoms with E-state index in [-0.39, 0.29) is 23.8 Å². The zero-order chi connectivity index (χ0) is 20.5. The zero-order valence-electron chi connectivity index (χ0n) is 16.8. The fourth-order valence-electron chi connectivity index (χ4n) is 3.67. The number of carbonyl (C=O) groups excluding carboxylic acids is 1. The van der Waals surface area contributed by atoms with Crippen LogP contribution in [0.25, 0.3) is 0 Å². The van der Waals surface area contributed by atoms with Gasteiger partial charge in [-0.2, -0.15) is 0 Å². The predicted molar refractivity (Wildman–Crippen MR) is 103 cm³/mol. The number of fused-ring (bicyclic) bond motifs is 1. The van der Waals surface area contributed by atoms with Gasteiger partial charge in [-0.3, -0.25) is 4.90 Å². The average Bonchev–Trinajstić information content (AvgIpc) is 2.65. The van der Waals surface area contributed by atoms with Gasteiger partial charge in [-0.1, -0.05) is 0 Å². The maximum absolute atomic E-state index is 14.0. The van der Waals surface area contributed by atoms with E-state index in [0.29, 0.717) is 38.5 Å². The number of methoxy groups -OCH3 is 1. The number of morpholine rings is 1. The van der Waals surface area contributed by atoms with E-state index in [1.807, 2.05) is 20.8 Å². The standard InChI is InChI=1S/C20H28FN3O4/c1-20(2,3)28-19(25)24-8-7-23-11-17(27-12-13(23)10-24)14-5-6-16(21)15(9-22)18(14)26-4/h5-6,9,13,17,22H,7-8,10-12H2,1-4H3/t13-,17+/m0/s1. The van der Waals surface area contributed by atoms with E-state index >= 15 is 0 Å². The molecule has 2 atom stereocenters. The van der Waals surface area contributed by atoms with Crippen molar-refractivity contribution in [1.82, 2.24) is 9.80 Å². The SMILES string of the molecule is COc1c([C@H]2CN3CCN(C(=O)OC(C)(C)C)C[C@H]3CO2)ccc(F)c1C=N. The molecule has 7 nitrogen and oxygen atoms in total. The molecule has 2 heterocycles. The topological polar surface area (TPSA) is 75.1 Å². The van der Waals surface area contributed by atoms with Crippen LogP contribution in [0.2, 0.25) is 0 Å². The minimum absolute atomic E-state index is 0.0890. The van der Waals surface area contributed by atoms with Gasteiger partial charge in [-0.05, 0) is 32.9 Å². The van der Waals surface area contributed by atoms with Crippen LogP contribution in [0.4, 0.5) is 9.18 Å². The summed E-state index contributed by atoms with van der Waals surface area (Å²) in [5.74, 6) is -0.152. The first-order valence-electron chi connectivity index (χ1n) is 9.44. The number of benzene rings is 1. The molecule has 0 spiro atoms. The molecule has 2 fully saturated rings. The van der Waals surface area contributed by atoms with Crippen molar-refractivity contribution in [3.8, 4) is 5.75 Å². The summed E-state index contributed by atoms with van der Waals surface area (Å²) < 4.78 is 30.8. The molecular weight excluding hydrogens is 365 g/mol. The van der Waals surface area contributed by atoms with Crippen molar-refractivity contribution in [2.45, 2.75) is 38.5 Å². The van der Waals surface area contributed by atoms with E-state index in [1.54, 1.807) is 11.0 Å². The third-order valence-corrected chi connectivity index (χ3v) is 5.02. The quantitative estimate of drug-likeness (QED) is 0.800. The van der Waals surface area contributed by atoms with Crippen LogP contribution in [0, 0.1) is 11.2 Å². The molecule has 1 N–H and O–H groups in total. The lowest BCUT2D eigenvalue weighted by Gasteiger charge is -2.46. The van der Waals surface area contributed by atoms with E-state index < -0.39 is 11.4 Å². The Labute approximate surface area is 164 Å². The van der Waals surface area contributed by atoms with Gasteiger partial charge in [0.2, 0.25) is 0 Å². The molecule has 3 rings (SSSR count). The Balaban J connectivity index is 1.69. The zero-order valence-corrected chi connectivity index (χ0v) is 16.8. The van der Waals surface area contributed by atoms with E-state index in [4.69, 9.17) is 19.6 Å². The molecule has 28 heavy (non-hydrogen) atoms. The van der Waals surface area contributed by atoms with Crippen molar-refractivity contribution in [2.75, 3.05) is 39.9 Å². The molecule has 0 radical (unpaired) electrons. The Bertz CT molecular complexity index is 750. The number of hydrogen-bond donors (Lipinski definition) is 1. The third kappa shape index (κ3) is 4.28. The first kappa shape index (κ1) is 20.5. The molecule has 0 aliphatic carbocycles. The lowest BCUT2D eigenvalue weighted by molar-refractivity contribution is -0.0911. The van der Waals surface area contributed by atoms with E-state index in [2.05, 4.69) is 4.90 Å². The Morgan fingerprint density at radius 1 is 1.32 bits per heavy atom. The molecule has 1 aromatic carbocycles. The summed E-state index contributed by atoms with van der Waals surface area (Å²) in [4.78, 5) is 16.3. The van der Waals surface area contributed by atoms with Crippen molar-refractivity contribution in [1.29, 1.82) is 5.41 Å². The van der Waals surface area contributed by atoms with Gasteiger partial charge in [0.1, 0.15) is 17.2 Å². The molecule has 1 amide bonds. The summed E-state index contributed by atoms with van der Waals surface area (Å²) in [5.41, 5.74) is 0.338. The Morgan fingerprint density at radius 3 is 2.71 bits per heavy atom. The van der Waals surface area contributed by atoms with Gasteiger partial charge in [-0.15, -0.1) is 0 Å². The minimum Gasteiger partial charge on any atom is -0.496 e. The maximum Gasteiger partial charge on any atom is 0.410 e. The highest BCUT2D eigenvalue weighted by molar-refractivity contribution is 5.82. The van der Waals surface area contributed by atoms with E-state index in [0.717, 1.165) is 11.8 Å². The third-order valence-electron chi connectivity index (χ3n) is 5.02. The van der Waals surface area contributed by atoms with Crippen molar-refractivity contribution < 1.29 is 23.4 Å². The smallest absolute Gasteiger partial charge is 0.410 e. The molecule has 0 unspecified atom stereocenters. The number of nitrogens with zero attached hydrogens (tertiary/aromatic N) is 2. The van der Waals surface area contributed by atoms with Gasteiger partial charge in [0.25, 0.3) is 0 Å². The van der Waals surface area contributed by atoms with Crippen LogP contribution in [0.15, 0.2) is 12.1 Å². The number of rotatable bonds is 3. The number of piperazine rings is 1. The van der Waals surface area contributed by atoms with Crippen LogP contribution < -0.4 is 4.74 Å². The second-order valence-electron chi connectivity index (χ2n) is 8.12. The van der Waals surface area contributed by atoms with Crippen molar-refractivity contribution in [3.63, 3.8) is 0 Å². The predicted octanol–water partition coefficient (Wildman–Crippen LogP) is 2.82. The Morgan fingerprint density at radius 2 is 2.07 bits per heavy atom. The summed E-state index contributed by atoms with van der Waals surface area (Å²) in [6, 6.07) is 3.09. The molecule has 1 aromatic rings. The molecule has 2 aliphatic rings. The molecule has 2 aliphatic heterocycles. The lowest BCUT2D eigenvalue weighted by Crippen LogP contribution is -2.60. The van der Waals surface area contributed by atoms with Crippen LogP contribution in [0.3, 0.4) is 0 Å². The van der Waals surface area contributed by atoms with Crippen LogP contribution in [-0.4, -0.2) is 73.6 Å². The lowest BCUT2D eigenvalue weighted by atomic mass is 10.0. The Hall–Kier alpha value is -2.19. The molecule has 154 valence electrons. The molecule has 0 saturated carbocycles. The normalized spacial score (nSPS) is 23.1. The van der Waals surface area contributed by atoms with Crippen molar-refractivity contribution >= 4 is 12.3 Å². The summed E-state index contributed by atoms with van der Waals surface area (Å²) in [6.07, 6.45) is 0.381. The number of amides is 1. The molecule has 8 heteroatoms. The van der Waals surface area contributed by atoms with Crippen LogP contribution >= 0.6 is 0 Å². The summed E-state index contributed by atoms with van der Waals surface area (Å²) in [6.45, 7) is 8.48. The van der Waals surface area contributed by atoms with Gasteiger partial charge in [0.05, 0.1) is 31.4 Å². The number of ether oxygens (including phenoxy) is 3. The molecular formula is C20H28FN3O4. The Kier molecular flexibility index (Phi) is 5.90. The van der Waals surface area contributed by atoms with Crippen LogP contribution in [0.1, 0.15) is 38.0 Å². The molecule has 0 aromatic heterocycles. The second kappa shape index (κ2) is 8.05. The highest BCUT2D eigenvalue weighted by Crippen LogP contribution is 2.35. The minimum atomic E-state index is -0.520. The first-order chi connectivity index (χ1) is 13.2. The number of halogens is 1. The number of hydrogen-bond acceptors (Lipinski definition) is 6. The van der Waals surface area contributed by atoms with Gasteiger partial charge in [0.15, 0.2) is 0 Å². The summed E-state index contributed by atoms with van der Waals surface area (Å²) in [5, 5.41) is 7.47. The highest BCUT2D eigenvalue weighted by atomic mass is 19.1. The fourth-order valence-corrected chi connectivity index (χ4v) is 3.67. The van der Waals surface area contributed by atoms with Gasteiger partial charge in [0, 0.05) is 38.0 Å². The van der Waals surface area contributed by atoms with Crippen molar-refractivity contribution in [3.05, 3.63) is 29.1 Å². The number of nitrogens with one attached hydrogen (secondary N) is 1. The van der Waals surface area contributed by atoms with Gasteiger partial charge >= 0.3 is 6.09 Å². The van der Waals surface area contributed by atoms with E-state index in [9.17, 15) is 9.18 Å². The van der Waals surface area contributed by atoms with Crippen molar-refractivity contribution in [2.24, 2.45) is 0 Å². The molecule has 2 saturated heterocycles. The van der Waals surface area contributed by atoms with Crippen LogP contribution in [0.5, 0.6) is 5.75 Å². The van der Waals surface area contributed by atoms with Crippen LogP contribution in [-0.2, 0) is 9.47 Å². The van der Waals surface area contributed by atoms with E-state index in [1.165, 1.54) is 13.2 Å². The second-order valence-corrected chi connectivity index (χ2v) is 8.12. The average molecular weight is 393 g/mol. The molecule has 0 bridgehead atoms. The maximum atomic E-state index is 14.0. The van der Waals surface area contributed by atoms with Gasteiger partial charge in [-0.25, -0.2) is 9.18 Å². The summed E-state index contributed by atoms with van der Waals surface area (Å²) in [7, 11) is 1.47. The first-order valence-corrected chi connectivity index (χ1v) is 9.44. The van der Waals surface area contributed by atoms with Gasteiger partial charge < -0.3 is 24.5 Å².